The van der Waals surface area contributed by atoms with Gasteiger partial charge in [-0.05, 0) is 61.0 Å². The van der Waals surface area contributed by atoms with E-state index in [0.29, 0.717) is 24.0 Å². The van der Waals surface area contributed by atoms with Crippen LogP contribution in [0.4, 0.5) is 5.69 Å². The van der Waals surface area contributed by atoms with Gasteiger partial charge < -0.3 is 10.2 Å². The van der Waals surface area contributed by atoms with Crippen molar-refractivity contribution in [3.8, 4) is 0 Å². The molecular weight excluding hydrogens is 332 g/mol. The minimum absolute atomic E-state index is 0.246. The second-order valence-electron chi connectivity index (χ2n) is 10.1. The van der Waals surface area contributed by atoms with Crippen LogP contribution in [-0.2, 0) is 4.79 Å². The number of fused-ring (bicyclic) bond motifs is 2. The van der Waals surface area contributed by atoms with Crippen LogP contribution >= 0.6 is 0 Å². The molecule has 3 aliphatic rings. The molecule has 0 radical (unpaired) electrons. The Morgan fingerprint density at radius 3 is 2.41 bits per heavy atom. The Labute approximate surface area is 164 Å². The van der Waals surface area contributed by atoms with E-state index in [0.717, 1.165) is 24.4 Å². The van der Waals surface area contributed by atoms with E-state index in [-0.39, 0.29) is 11.3 Å². The van der Waals surface area contributed by atoms with E-state index in [9.17, 15) is 4.79 Å². The van der Waals surface area contributed by atoms with Crippen molar-refractivity contribution in [2.45, 2.75) is 84.2 Å². The van der Waals surface area contributed by atoms with Crippen LogP contribution in [0.3, 0.4) is 0 Å². The van der Waals surface area contributed by atoms with Gasteiger partial charge in [-0.1, -0.05) is 58.2 Å². The first kappa shape index (κ1) is 19.0. The van der Waals surface area contributed by atoms with Gasteiger partial charge in [0.15, 0.2) is 0 Å². The first-order chi connectivity index (χ1) is 12.9. The normalized spacial score (nSPS) is 32.6. The van der Waals surface area contributed by atoms with Gasteiger partial charge in [-0.25, -0.2) is 0 Å². The molecule has 1 amide bonds. The summed E-state index contributed by atoms with van der Waals surface area (Å²) < 4.78 is 0. The molecule has 3 nitrogen and oxygen atoms in total. The van der Waals surface area contributed by atoms with Crippen molar-refractivity contribution < 1.29 is 4.79 Å². The molecule has 148 valence electrons. The van der Waals surface area contributed by atoms with Gasteiger partial charge in [-0.3, -0.25) is 4.79 Å². The summed E-state index contributed by atoms with van der Waals surface area (Å²) in [5.74, 6) is 1.05. The Morgan fingerprint density at radius 1 is 1.07 bits per heavy atom. The zero-order valence-electron chi connectivity index (χ0n) is 17.3. The number of para-hydroxylation sites is 1. The average Bonchev–Trinajstić information content (AvgIpc) is 3.14. The maximum Gasteiger partial charge on any atom is 0.241 e. The molecule has 3 atom stereocenters. The second-order valence-corrected chi connectivity index (χ2v) is 10.1. The summed E-state index contributed by atoms with van der Waals surface area (Å²) in [6.07, 6.45) is 10.0. The van der Waals surface area contributed by atoms with Gasteiger partial charge in [0.2, 0.25) is 5.91 Å². The van der Waals surface area contributed by atoms with Crippen LogP contribution in [0.15, 0.2) is 30.3 Å². The van der Waals surface area contributed by atoms with Crippen LogP contribution in [0, 0.1) is 16.7 Å². The minimum atomic E-state index is 0.246. The zero-order valence-corrected chi connectivity index (χ0v) is 17.3. The number of benzene rings is 1. The fourth-order valence-electron chi connectivity index (χ4n) is 6.57. The number of hydrogen-bond acceptors (Lipinski definition) is 2. The summed E-state index contributed by atoms with van der Waals surface area (Å²) in [4.78, 5) is 15.5. The molecule has 0 heterocycles. The molecule has 3 heteroatoms. The highest BCUT2D eigenvalue weighted by atomic mass is 16.2. The Bertz CT molecular complexity index is 659. The Kier molecular flexibility index (Phi) is 5.09. The van der Waals surface area contributed by atoms with Crippen molar-refractivity contribution in [2.24, 2.45) is 16.7 Å². The standard InChI is InChI=1S/C24H36N2O/c1-23(2)18-14-15-24(3,16-18)22(23)25-17-21(27)26(19-10-6-4-7-11-19)20-12-8-5-9-13-20/h4,6-7,10-11,18,20,22,25H,5,8-9,12-17H2,1-3H3/t18-,22-,24+/m0/s1. The third kappa shape index (κ3) is 3.44. The summed E-state index contributed by atoms with van der Waals surface area (Å²) in [6, 6.07) is 11.1. The molecule has 1 aromatic carbocycles. The summed E-state index contributed by atoms with van der Waals surface area (Å²) in [6.45, 7) is 7.70. The van der Waals surface area contributed by atoms with Crippen molar-refractivity contribution in [2.75, 3.05) is 11.4 Å². The SMILES string of the molecule is CC1(C)[C@H]2CC[C@](C)(C2)[C@H]1NCC(=O)N(c1ccccc1)C1CCCCC1. The lowest BCUT2D eigenvalue weighted by Gasteiger charge is -2.43. The zero-order chi connectivity index (χ0) is 19.1. The molecule has 0 unspecified atom stereocenters. The summed E-state index contributed by atoms with van der Waals surface area (Å²) in [7, 11) is 0. The molecule has 0 spiro atoms. The number of carbonyl (C=O) groups excluding carboxylic acids is 1. The molecule has 0 saturated heterocycles. The van der Waals surface area contributed by atoms with E-state index in [2.05, 4.69) is 43.1 Å². The fraction of sp³-hybridized carbons (Fsp3) is 0.708. The van der Waals surface area contributed by atoms with Crippen molar-refractivity contribution in [1.82, 2.24) is 5.32 Å². The third-order valence-corrected chi connectivity index (χ3v) is 7.97. The van der Waals surface area contributed by atoms with E-state index in [1.807, 2.05) is 18.2 Å². The molecule has 3 aliphatic carbocycles. The van der Waals surface area contributed by atoms with Gasteiger partial charge >= 0.3 is 0 Å². The first-order valence-electron chi connectivity index (χ1n) is 11.0. The lowest BCUT2D eigenvalue weighted by molar-refractivity contribution is -0.118. The number of carbonyl (C=O) groups is 1. The number of amides is 1. The smallest absolute Gasteiger partial charge is 0.241 e. The van der Waals surface area contributed by atoms with Crippen LogP contribution in [-0.4, -0.2) is 24.5 Å². The van der Waals surface area contributed by atoms with Crippen LogP contribution in [0.2, 0.25) is 0 Å². The van der Waals surface area contributed by atoms with Gasteiger partial charge in [0.05, 0.1) is 6.54 Å². The Hall–Kier alpha value is -1.35. The van der Waals surface area contributed by atoms with Crippen LogP contribution in [0.25, 0.3) is 0 Å². The lowest BCUT2D eigenvalue weighted by atomic mass is 9.68. The van der Waals surface area contributed by atoms with Crippen molar-refractivity contribution in [3.63, 3.8) is 0 Å². The number of rotatable bonds is 5. The molecule has 3 fully saturated rings. The second kappa shape index (κ2) is 7.24. The fourth-order valence-corrected chi connectivity index (χ4v) is 6.57. The van der Waals surface area contributed by atoms with Gasteiger partial charge in [-0.2, -0.15) is 0 Å². The van der Waals surface area contributed by atoms with Crippen molar-refractivity contribution in [1.29, 1.82) is 0 Å². The number of hydrogen-bond donors (Lipinski definition) is 1. The molecule has 1 aromatic rings. The molecule has 2 bridgehead atoms. The van der Waals surface area contributed by atoms with Crippen molar-refractivity contribution in [3.05, 3.63) is 30.3 Å². The van der Waals surface area contributed by atoms with E-state index < -0.39 is 0 Å². The van der Waals surface area contributed by atoms with Gasteiger partial charge in [0.1, 0.15) is 0 Å². The first-order valence-corrected chi connectivity index (χ1v) is 11.0. The number of nitrogens with one attached hydrogen (secondary N) is 1. The highest BCUT2D eigenvalue weighted by Gasteiger charge is 2.59. The quantitative estimate of drug-likeness (QED) is 0.779. The molecule has 0 aromatic heterocycles. The predicted molar refractivity (Wildman–Crippen MR) is 112 cm³/mol. The summed E-state index contributed by atoms with van der Waals surface area (Å²) in [5, 5.41) is 3.74. The van der Waals surface area contributed by atoms with Crippen molar-refractivity contribution >= 4 is 11.6 Å². The van der Waals surface area contributed by atoms with E-state index >= 15 is 0 Å². The molecule has 27 heavy (non-hydrogen) atoms. The molecule has 0 aliphatic heterocycles. The monoisotopic (exact) mass is 368 g/mol. The summed E-state index contributed by atoms with van der Waals surface area (Å²) >= 11 is 0. The van der Waals surface area contributed by atoms with Gasteiger partial charge in [0.25, 0.3) is 0 Å². The summed E-state index contributed by atoms with van der Waals surface area (Å²) in [5.41, 5.74) is 1.71. The van der Waals surface area contributed by atoms with Crippen LogP contribution < -0.4 is 10.2 Å². The van der Waals surface area contributed by atoms with E-state index in [1.165, 1.54) is 38.5 Å². The van der Waals surface area contributed by atoms with E-state index in [1.54, 1.807) is 0 Å². The molecule has 4 rings (SSSR count). The highest BCUT2D eigenvalue weighted by molar-refractivity contribution is 5.95. The minimum Gasteiger partial charge on any atom is -0.308 e. The Morgan fingerprint density at radius 2 is 1.78 bits per heavy atom. The third-order valence-electron chi connectivity index (χ3n) is 7.97. The highest BCUT2D eigenvalue weighted by Crippen LogP contribution is 2.62. The van der Waals surface area contributed by atoms with Crippen LogP contribution in [0.1, 0.15) is 72.1 Å². The lowest BCUT2D eigenvalue weighted by Crippen LogP contribution is -2.54. The topological polar surface area (TPSA) is 32.3 Å². The number of anilines is 1. The maximum atomic E-state index is 13.4. The predicted octanol–water partition coefficient (Wildman–Crippen LogP) is 5.16. The molecule has 3 saturated carbocycles. The molecular formula is C24H36N2O. The maximum absolute atomic E-state index is 13.4. The van der Waals surface area contributed by atoms with Gasteiger partial charge in [-0.15, -0.1) is 0 Å². The number of nitrogens with zero attached hydrogens (tertiary/aromatic N) is 1. The Balaban J connectivity index is 1.49. The van der Waals surface area contributed by atoms with Gasteiger partial charge in [0, 0.05) is 17.8 Å². The molecule has 1 N–H and O–H groups in total. The van der Waals surface area contributed by atoms with Crippen LogP contribution in [0.5, 0.6) is 0 Å². The largest absolute Gasteiger partial charge is 0.308 e. The van der Waals surface area contributed by atoms with E-state index in [4.69, 9.17) is 0 Å². The average molecular weight is 369 g/mol.